The molecule has 3 nitrogen and oxygen atoms in total. The van der Waals surface area contributed by atoms with Crippen molar-refractivity contribution in [1.82, 2.24) is 10.6 Å². The zero-order chi connectivity index (χ0) is 14.5. The Bertz CT molecular complexity index is 446. The number of benzene rings is 1. The smallest absolute Gasteiger partial charge is 0.221 e. The van der Waals surface area contributed by atoms with Gasteiger partial charge in [0.1, 0.15) is 0 Å². The highest BCUT2D eigenvalue weighted by Gasteiger charge is 2.24. The van der Waals surface area contributed by atoms with E-state index in [4.69, 9.17) is 0 Å². The molecule has 21 heavy (non-hydrogen) atoms. The van der Waals surface area contributed by atoms with Crippen LogP contribution in [0.5, 0.6) is 0 Å². The number of nitrogens with one attached hydrogen (secondary N) is 2. The van der Waals surface area contributed by atoms with Crippen LogP contribution in [0.4, 0.5) is 0 Å². The summed E-state index contributed by atoms with van der Waals surface area (Å²) in [6, 6.07) is 11.6. The molecule has 1 aliphatic heterocycles. The predicted molar refractivity (Wildman–Crippen MR) is 85.2 cm³/mol. The maximum atomic E-state index is 12.1. The molecule has 1 saturated heterocycles. The van der Waals surface area contributed by atoms with Gasteiger partial charge in [0.25, 0.3) is 0 Å². The van der Waals surface area contributed by atoms with Gasteiger partial charge in [0, 0.05) is 18.5 Å². The summed E-state index contributed by atoms with van der Waals surface area (Å²) in [5.74, 6) is 0.911. The summed E-state index contributed by atoms with van der Waals surface area (Å²) < 4.78 is 0. The van der Waals surface area contributed by atoms with Crippen LogP contribution in [0.1, 0.15) is 56.4 Å². The van der Waals surface area contributed by atoms with Crippen LogP contribution in [0.3, 0.4) is 0 Å². The number of amides is 1. The van der Waals surface area contributed by atoms with Gasteiger partial charge in [-0.3, -0.25) is 4.79 Å². The lowest BCUT2D eigenvalue weighted by molar-refractivity contribution is -0.122. The van der Waals surface area contributed by atoms with Crippen molar-refractivity contribution in [2.24, 2.45) is 0 Å². The van der Waals surface area contributed by atoms with Crippen molar-refractivity contribution >= 4 is 5.91 Å². The van der Waals surface area contributed by atoms with Gasteiger partial charge in [0.2, 0.25) is 5.91 Å². The first kappa shape index (κ1) is 14.6. The molecule has 0 spiro atoms. The van der Waals surface area contributed by atoms with Gasteiger partial charge in [-0.15, -0.1) is 0 Å². The van der Waals surface area contributed by atoms with Gasteiger partial charge in [-0.05, 0) is 56.6 Å². The van der Waals surface area contributed by atoms with Crippen molar-refractivity contribution in [2.45, 2.75) is 62.9 Å². The van der Waals surface area contributed by atoms with Crippen molar-refractivity contribution < 1.29 is 4.79 Å². The quantitative estimate of drug-likeness (QED) is 0.893. The van der Waals surface area contributed by atoms with Crippen molar-refractivity contribution in [3.8, 4) is 0 Å². The van der Waals surface area contributed by atoms with Gasteiger partial charge in [-0.2, -0.15) is 0 Å². The summed E-state index contributed by atoms with van der Waals surface area (Å²) in [7, 11) is 0. The molecule has 2 N–H and O–H groups in total. The highest BCUT2D eigenvalue weighted by molar-refractivity contribution is 5.76. The Morgan fingerprint density at radius 1 is 1.10 bits per heavy atom. The Morgan fingerprint density at radius 2 is 1.86 bits per heavy atom. The summed E-state index contributed by atoms with van der Waals surface area (Å²) in [6.45, 7) is 1.07. The molecule has 1 aromatic rings. The van der Waals surface area contributed by atoms with E-state index in [0.29, 0.717) is 24.4 Å². The minimum Gasteiger partial charge on any atom is -0.353 e. The van der Waals surface area contributed by atoms with Crippen LogP contribution in [-0.2, 0) is 4.79 Å². The molecule has 1 aliphatic carbocycles. The fourth-order valence-corrected chi connectivity index (χ4v) is 3.74. The first-order chi connectivity index (χ1) is 10.3. The van der Waals surface area contributed by atoms with Gasteiger partial charge >= 0.3 is 0 Å². The maximum absolute atomic E-state index is 12.1. The number of carbonyl (C=O) groups excluding carboxylic acids is 1. The largest absolute Gasteiger partial charge is 0.353 e. The van der Waals surface area contributed by atoms with Crippen molar-refractivity contribution in [1.29, 1.82) is 0 Å². The molecule has 1 aromatic carbocycles. The molecule has 0 aromatic heterocycles. The number of rotatable bonds is 4. The molecule has 1 saturated carbocycles. The first-order valence-corrected chi connectivity index (χ1v) is 8.39. The van der Waals surface area contributed by atoms with Crippen LogP contribution in [0.2, 0.25) is 0 Å². The Balaban J connectivity index is 1.42. The average molecular weight is 286 g/mol. The van der Waals surface area contributed by atoms with Crippen LogP contribution in [0, 0.1) is 0 Å². The second-order valence-corrected chi connectivity index (χ2v) is 6.52. The second kappa shape index (κ2) is 7.08. The van der Waals surface area contributed by atoms with Gasteiger partial charge in [-0.25, -0.2) is 0 Å². The number of carbonyl (C=O) groups is 1. The van der Waals surface area contributed by atoms with Crippen LogP contribution in [-0.4, -0.2) is 24.5 Å². The third kappa shape index (κ3) is 4.07. The lowest BCUT2D eigenvalue weighted by Gasteiger charge is -2.29. The van der Waals surface area contributed by atoms with Gasteiger partial charge in [0.05, 0.1) is 0 Å². The van der Waals surface area contributed by atoms with E-state index in [1.165, 1.54) is 24.8 Å². The Kier molecular flexibility index (Phi) is 4.91. The molecule has 1 amide bonds. The molecule has 0 radical (unpaired) electrons. The van der Waals surface area contributed by atoms with Crippen molar-refractivity contribution in [2.75, 3.05) is 6.54 Å². The summed E-state index contributed by atoms with van der Waals surface area (Å²) in [5, 5.41) is 6.63. The SMILES string of the molecule is O=C(CC1CCCN1)NC1CCC(c2ccccc2)CC1. The third-order valence-corrected chi connectivity index (χ3v) is 4.96. The Labute approximate surface area is 127 Å². The van der Waals surface area contributed by atoms with E-state index in [0.717, 1.165) is 25.8 Å². The molecule has 114 valence electrons. The minimum atomic E-state index is 0.234. The van der Waals surface area contributed by atoms with E-state index >= 15 is 0 Å². The summed E-state index contributed by atoms with van der Waals surface area (Å²) in [4.78, 5) is 12.1. The molecule has 1 unspecified atom stereocenters. The van der Waals surface area contributed by atoms with E-state index in [1.807, 2.05) is 0 Å². The topological polar surface area (TPSA) is 41.1 Å². The van der Waals surface area contributed by atoms with Crippen LogP contribution in [0.15, 0.2) is 30.3 Å². The van der Waals surface area contributed by atoms with Crippen molar-refractivity contribution in [3.05, 3.63) is 35.9 Å². The van der Waals surface area contributed by atoms with E-state index in [2.05, 4.69) is 41.0 Å². The van der Waals surface area contributed by atoms with Crippen molar-refractivity contribution in [3.63, 3.8) is 0 Å². The fraction of sp³-hybridized carbons (Fsp3) is 0.611. The summed E-state index contributed by atoms with van der Waals surface area (Å²) >= 11 is 0. The predicted octanol–water partition coefficient (Wildman–Crippen LogP) is 2.97. The lowest BCUT2D eigenvalue weighted by Crippen LogP contribution is -2.40. The van der Waals surface area contributed by atoms with Crippen LogP contribution >= 0.6 is 0 Å². The average Bonchev–Trinajstić information content (AvgIpc) is 3.02. The zero-order valence-corrected chi connectivity index (χ0v) is 12.7. The zero-order valence-electron chi connectivity index (χ0n) is 12.7. The fourth-order valence-electron chi connectivity index (χ4n) is 3.74. The highest BCUT2D eigenvalue weighted by atomic mass is 16.1. The highest BCUT2D eigenvalue weighted by Crippen LogP contribution is 2.32. The summed E-state index contributed by atoms with van der Waals surface area (Å²) in [6.07, 6.45) is 7.62. The standard InChI is InChI=1S/C18H26N2O/c21-18(13-17-7-4-12-19-17)20-16-10-8-15(9-11-16)14-5-2-1-3-6-14/h1-3,5-6,15-17,19H,4,7-13H2,(H,20,21). The second-order valence-electron chi connectivity index (χ2n) is 6.52. The number of hydrogen-bond donors (Lipinski definition) is 2. The molecular weight excluding hydrogens is 260 g/mol. The first-order valence-electron chi connectivity index (χ1n) is 8.39. The van der Waals surface area contributed by atoms with E-state index < -0.39 is 0 Å². The third-order valence-electron chi connectivity index (χ3n) is 4.96. The summed E-state index contributed by atoms with van der Waals surface area (Å²) in [5.41, 5.74) is 1.46. The minimum absolute atomic E-state index is 0.234. The molecule has 2 fully saturated rings. The van der Waals surface area contributed by atoms with Crippen LogP contribution < -0.4 is 10.6 Å². The van der Waals surface area contributed by atoms with Crippen LogP contribution in [0.25, 0.3) is 0 Å². The lowest BCUT2D eigenvalue weighted by atomic mass is 9.82. The van der Waals surface area contributed by atoms with Gasteiger partial charge in [-0.1, -0.05) is 30.3 Å². The monoisotopic (exact) mass is 286 g/mol. The molecule has 1 heterocycles. The Morgan fingerprint density at radius 3 is 2.52 bits per heavy atom. The molecule has 1 atom stereocenters. The van der Waals surface area contributed by atoms with Gasteiger partial charge < -0.3 is 10.6 Å². The van der Waals surface area contributed by atoms with E-state index in [9.17, 15) is 4.79 Å². The van der Waals surface area contributed by atoms with E-state index in [1.54, 1.807) is 0 Å². The Hall–Kier alpha value is -1.35. The maximum Gasteiger partial charge on any atom is 0.221 e. The molecule has 3 heteroatoms. The van der Waals surface area contributed by atoms with Gasteiger partial charge in [0.15, 0.2) is 0 Å². The molecule has 0 bridgehead atoms. The normalized spacial score (nSPS) is 29.2. The number of hydrogen-bond acceptors (Lipinski definition) is 2. The molecule has 3 rings (SSSR count). The molecule has 2 aliphatic rings. The van der Waals surface area contributed by atoms with E-state index in [-0.39, 0.29) is 5.91 Å². The molecular formula is C18H26N2O.